The number of hydrogen-bond donors (Lipinski definition) is 1. The average Bonchev–Trinajstić information content (AvgIpc) is 2.03. The third-order valence-corrected chi connectivity index (χ3v) is 1.53. The molecule has 3 nitrogen and oxygen atoms in total. The van der Waals surface area contributed by atoms with Crippen molar-refractivity contribution in [3.8, 4) is 0 Å². The second-order valence-corrected chi connectivity index (χ2v) is 2.46. The van der Waals surface area contributed by atoms with Crippen LogP contribution in [0.3, 0.4) is 0 Å². The van der Waals surface area contributed by atoms with E-state index in [9.17, 15) is 4.79 Å². The molecule has 3 heteroatoms. The van der Waals surface area contributed by atoms with Crippen molar-refractivity contribution in [2.24, 2.45) is 0 Å². The van der Waals surface area contributed by atoms with Gasteiger partial charge in [0.1, 0.15) is 12.1 Å². The second-order valence-electron chi connectivity index (χ2n) is 2.46. The molecule has 12 heavy (non-hydrogen) atoms. The Hall–Kier alpha value is -1.64. The van der Waals surface area contributed by atoms with Crippen molar-refractivity contribution in [2.75, 3.05) is 5.73 Å². The van der Waals surface area contributed by atoms with Crippen LogP contribution in [0.2, 0.25) is 0 Å². The minimum Gasteiger partial charge on any atom is -0.384 e. The number of nitrogens with zero attached hydrogens (tertiary/aromatic N) is 1. The molecule has 0 unspecified atom stereocenters. The van der Waals surface area contributed by atoms with Crippen LogP contribution in [0.25, 0.3) is 6.08 Å². The Morgan fingerprint density at radius 3 is 2.92 bits per heavy atom. The first-order valence-electron chi connectivity index (χ1n) is 3.58. The van der Waals surface area contributed by atoms with Crippen LogP contribution in [0.1, 0.15) is 11.1 Å². The van der Waals surface area contributed by atoms with Gasteiger partial charge in [-0.2, -0.15) is 0 Å². The largest absolute Gasteiger partial charge is 0.384 e. The number of carbonyl (C=O) groups excluding carboxylic acids is 1. The fourth-order valence-electron chi connectivity index (χ4n) is 0.906. The standard InChI is InChI=1S/C9H10N2O/c1-7-5-9(10)11-6-8(7)3-2-4-12/h2-6H,1H3,(H2,10,11). The lowest BCUT2D eigenvalue weighted by Crippen LogP contribution is -1.91. The van der Waals surface area contributed by atoms with Gasteiger partial charge < -0.3 is 5.73 Å². The number of aldehydes is 1. The molecule has 0 aliphatic heterocycles. The van der Waals surface area contributed by atoms with E-state index >= 15 is 0 Å². The Morgan fingerprint density at radius 2 is 2.33 bits per heavy atom. The molecule has 1 aromatic rings. The zero-order chi connectivity index (χ0) is 8.97. The molecule has 0 saturated heterocycles. The third kappa shape index (κ3) is 1.92. The summed E-state index contributed by atoms with van der Waals surface area (Å²) in [7, 11) is 0. The number of nitrogens with two attached hydrogens (primary N) is 1. The van der Waals surface area contributed by atoms with E-state index in [-0.39, 0.29) is 0 Å². The van der Waals surface area contributed by atoms with Crippen molar-refractivity contribution in [3.63, 3.8) is 0 Å². The van der Waals surface area contributed by atoms with Gasteiger partial charge >= 0.3 is 0 Å². The van der Waals surface area contributed by atoms with Gasteiger partial charge in [0, 0.05) is 6.20 Å². The summed E-state index contributed by atoms with van der Waals surface area (Å²) in [4.78, 5) is 13.9. The van der Waals surface area contributed by atoms with Gasteiger partial charge in [-0.05, 0) is 36.3 Å². The van der Waals surface area contributed by atoms with E-state index in [0.717, 1.165) is 17.4 Å². The second kappa shape index (κ2) is 3.67. The highest BCUT2D eigenvalue weighted by molar-refractivity contribution is 5.74. The number of allylic oxidation sites excluding steroid dienone is 1. The molecule has 0 amide bonds. The first-order valence-corrected chi connectivity index (χ1v) is 3.58. The van der Waals surface area contributed by atoms with Crippen LogP contribution < -0.4 is 5.73 Å². The average molecular weight is 162 g/mol. The predicted molar refractivity (Wildman–Crippen MR) is 48.5 cm³/mol. The molecule has 0 bridgehead atoms. The van der Waals surface area contributed by atoms with Crippen LogP contribution in [0.15, 0.2) is 18.3 Å². The van der Waals surface area contributed by atoms with Crippen LogP contribution in [-0.4, -0.2) is 11.3 Å². The lowest BCUT2D eigenvalue weighted by Gasteiger charge is -1.99. The van der Waals surface area contributed by atoms with Crippen molar-refractivity contribution < 1.29 is 4.79 Å². The van der Waals surface area contributed by atoms with Gasteiger partial charge in [-0.3, -0.25) is 4.79 Å². The van der Waals surface area contributed by atoms with Crippen molar-refractivity contribution in [1.82, 2.24) is 4.98 Å². The lowest BCUT2D eigenvalue weighted by atomic mass is 10.1. The summed E-state index contributed by atoms with van der Waals surface area (Å²) in [5, 5.41) is 0. The van der Waals surface area contributed by atoms with Gasteiger partial charge in [0.05, 0.1) is 0 Å². The molecule has 2 N–H and O–H groups in total. The van der Waals surface area contributed by atoms with E-state index in [1.165, 1.54) is 6.08 Å². The van der Waals surface area contributed by atoms with E-state index in [1.54, 1.807) is 18.3 Å². The summed E-state index contributed by atoms with van der Waals surface area (Å²) in [6.07, 6.45) is 5.51. The summed E-state index contributed by atoms with van der Waals surface area (Å²) < 4.78 is 0. The van der Waals surface area contributed by atoms with E-state index in [0.29, 0.717) is 5.82 Å². The molecular formula is C9H10N2O. The number of hydrogen-bond acceptors (Lipinski definition) is 3. The molecule has 0 radical (unpaired) electrons. The highest BCUT2D eigenvalue weighted by atomic mass is 16.1. The first kappa shape index (κ1) is 8.46. The molecule has 0 aliphatic carbocycles. The van der Waals surface area contributed by atoms with Gasteiger partial charge in [-0.25, -0.2) is 4.98 Å². The Kier molecular flexibility index (Phi) is 2.58. The van der Waals surface area contributed by atoms with Crippen LogP contribution in [-0.2, 0) is 4.79 Å². The SMILES string of the molecule is Cc1cc(N)ncc1C=CC=O. The Bertz CT molecular complexity index is 318. The number of aryl methyl sites for hydroxylation is 1. The van der Waals surface area contributed by atoms with Gasteiger partial charge in [0.2, 0.25) is 0 Å². The van der Waals surface area contributed by atoms with Crippen molar-refractivity contribution in [3.05, 3.63) is 29.5 Å². The van der Waals surface area contributed by atoms with Crippen molar-refractivity contribution in [1.29, 1.82) is 0 Å². The first-order chi connectivity index (χ1) is 5.74. The van der Waals surface area contributed by atoms with Crippen LogP contribution >= 0.6 is 0 Å². The Morgan fingerprint density at radius 1 is 1.58 bits per heavy atom. The molecule has 0 saturated carbocycles. The normalized spacial score (nSPS) is 10.4. The molecule has 1 rings (SSSR count). The highest BCUT2D eigenvalue weighted by Gasteiger charge is 1.94. The number of nitrogen functional groups attached to an aromatic ring is 1. The van der Waals surface area contributed by atoms with Crippen LogP contribution in [0.5, 0.6) is 0 Å². The number of pyridine rings is 1. The Labute approximate surface area is 70.9 Å². The van der Waals surface area contributed by atoms with E-state index in [4.69, 9.17) is 5.73 Å². The number of rotatable bonds is 2. The van der Waals surface area contributed by atoms with Gasteiger partial charge in [-0.15, -0.1) is 0 Å². The summed E-state index contributed by atoms with van der Waals surface area (Å²) >= 11 is 0. The highest BCUT2D eigenvalue weighted by Crippen LogP contribution is 2.10. The number of carbonyl (C=O) groups is 1. The fourth-order valence-corrected chi connectivity index (χ4v) is 0.906. The molecular weight excluding hydrogens is 152 g/mol. The minimum absolute atomic E-state index is 0.496. The van der Waals surface area contributed by atoms with Gasteiger partial charge in [0.25, 0.3) is 0 Å². The molecule has 0 spiro atoms. The summed E-state index contributed by atoms with van der Waals surface area (Å²) in [6.45, 7) is 1.92. The maximum atomic E-state index is 10.0. The Balaban J connectivity index is 3.01. The maximum Gasteiger partial charge on any atom is 0.142 e. The summed E-state index contributed by atoms with van der Waals surface area (Å²) in [5.74, 6) is 0.496. The van der Waals surface area contributed by atoms with Gasteiger partial charge in [0.15, 0.2) is 0 Å². The van der Waals surface area contributed by atoms with E-state index < -0.39 is 0 Å². The molecule has 0 atom stereocenters. The minimum atomic E-state index is 0.496. The molecule has 0 aromatic carbocycles. The summed E-state index contributed by atoms with van der Waals surface area (Å²) in [6, 6.07) is 1.77. The van der Waals surface area contributed by atoms with Crippen LogP contribution in [0.4, 0.5) is 5.82 Å². The molecule has 0 fully saturated rings. The monoisotopic (exact) mass is 162 g/mol. The zero-order valence-electron chi connectivity index (χ0n) is 6.82. The smallest absolute Gasteiger partial charge is 0.142 e. The summed E-state index contributed by atoms with van der Waals surface area (Å²) in [5.41, 5.74) is 7.38. The molecule has 62 valence electrons. The topological polar surface area (TPSA) is 56.0 Å². The van der Waals surface area contributed by atoms with Gasteiger partial charge in [-0.1, -0.05) is 0 Å². The molecule has 0 aliphatic rings. The van der Waals surface area contributed by atoms with E-state index in [1.807, 2.05) is 6.92 Å². The quantitative estimate of drug-likeness (QED) is 0.524. The lowest BCUT2D eigenvalue weighted by molar-refractivity contribution is -0.104. The third-order valence-electron chi connectivity index (χ3n) is 1.53. The van der Waals surface area contributed by atoms with Crippen LogP contribution in [0, 0.1) is 6.92 Å². The van der Waals surface area contributed by atoms with Crippen molar-refractivity contribution >= 4 is 18.2 Å². The zero-order valence-corrected chi connectivity index (χ0v) is 6.82. The van der Waals surface area contributed by atoms with E-state index in [2.05, 4.69) is 4.98 Å². The van der Waals surface area contributed by atoms with Crippen molar-refractivity contribution in [2.45, 2.75) is 6.92 Å². The molecule has 1 aromatic heterocycles. The number of anilines is 1. The predicted octanol–water partition coefficient (Wildman–Crippen LogP) is 1.18. The fraction of sp³-hybridized carbons (Fsp3) is 0.111. The maximum absolute atomic E-state index is 10.0. The number of aromatic nitrogens is 1. The molecule has 1 heterocycles.